The summed E-state index contributed by atoms with van der Waals surface area (Å²) < 4.78 is 0. The minimum Gasteiger partial charge on any atom is -0.0988 e. The Kier molecular flexibility index (Phi) is 3.56. The van der Waals surface area contributed by atoms with Gasteiger partial charge in [-0.2, -0.15) is 0 Å². The van der Waals surface area contributed by atoms with Crippen LogP contribution in [0.1, 0.15) is 32.6 Å². The van der Waals surface area contributed by atoms with Crippen molar-refractivity contribution in [2.75, 3.05) is 0 Å². The van der Waals surface area contributed by atoms with Crippen molar-refractivity contribution in [3.05, 3.63) is 58.6 Å². The summed E-state index contributed by atoms with van der Waals surface area (Å²) in [6, 6.07) is 0. The first-order valence-corrected chi connectivity index (χ1v) is 6.62. The molecule has 88 valence electrons. The van der Waals surface area contributed by atoms with E-state index in [2.05, 4.69) is 33.0 Å². The summed E-state index contributed by atoms with van der Waals surface area (Å²) in [5, 5.41) is 0. The van der Waals surface area contributed by atoms with Gasteiger partial charge in [-0.15, -0.1) is 0 Å². The molecule has 0 saturated heterocycles. The van der Waals surface area contributed by atoms with E-state index in [1.165, 1.54) is 42.4 Å². The normalized spacial score (nSPS) is 24.6. The standard InChI is InChI=1S/C16H21B/c1-5-12-7-9-14(11(12)3)15-10-8-13(6-2)16(15)17-4/h5-6,17H,1-2,7-10H2,3-4H3/b15-14+. The Balaban J connectivity index is 2.48. The smallest absolute Gasteiger partial charge is 0.0988 e. The van der Waals surface area contributed by atoms with E-state index in [-0.39, 0.29) is 0 Å². The zero-order chi connectivity index (χ0) is 12.4. The second-order valence-electron chi connectivity index (χ2n) is 4.87. The van der Waals surface area contributed by atoms with Gasteiger partial charge in [0.2, 0.25) is 0 Å². The van der Waals surface area contributed by atoms with Crippen LogP contribution in [0.2, 0.25) is 6.82 Å². The van der Waals surface area contributed by atoms with Crippen LogP contribution in [-0.4, -0.2) is 7.28 Å². The van der Waals surface area contributed by atoms with Gasteiger partial charge in [-0.3, -0.25) is 0 Å². The Morgan fingerprint density at radius 1 is 0.941 bits per heavy atom. The van der Waals surface area contributed by atoms with Crippen LogP contribution in [0.4, 0.5) is 0 Å². The number of hydrogen-bond acceptors (Lipinski definition) is 0. The molecule has 2 aliphatic carbocycles. The highest BCUT2D eigenvalue weighted by atomic mass is 14.3. The molecular formula is C16H21B. The fourth-order valence-corrected chi connectivity index (χ4v) is 3.21. The first-order valence-electron chi connectivity index (χ1n) is 6.62. The minimum atomic E-state index is 1.14. The number of hydrogen-bond donors (Lipinski definition) is 0. The molecule has 0 unspecified atom stereocenters. The monoisotopic (exact) mass is 224 g/mol. The van der Waals surface area contributed by atoms with E-state index in [1.54, 1.807) is 16.6 Å². The zero-order valence-corrected chi connectivity index (χ0v) is 11.1. The third-order valence-corrected chi connectivity index (χ3v) is 4.19. The Bertz CT molecular complexity index is 458. The van der Waals surface area contributed by atoms with E-state index >= 15 is 0 Å². The predicted octanol–water partition coefficient (Wildman–Crippen LogP) is 4.30. The van der Waals surface area contributed by atoms with Gasteiger partial charge in [-0.1, -0.05) is 43.2 Å². The van der Waals surface area contributed by atoms with Crippen LogP contribution in [0, 0.1) is 0 Å². The molecule has 0 nitrogen and oxygen atoms in total. The lowest BCUT2D eigenvalue weighted by Crippen LogP contribution is -1.97. The SMILES string of the molecule is C=CC1=C(C)/C(=C2\CCC(C=C)=C2BC)CC1. The largest absolute Gasteiger partial charge is 0.155 e. The molecule has 0 amide bonds. The second kappa shape index (κ2) is 4.95. The summed E-state index contributed by atoms with van der Waals surface area (Å²) in [4.78, 5) is 0. The first-order chi connectivity index (χ1) is 8.22. The Morgan fingerprint density at radius 3 is 2.06 bits per heavy atom. The summed E-state index contributed by atoms with van der Waals surface area (Å²) in [5.41, 5.74) is 9.14. The van der Waals surface area contributed by atoms with E-state index in [0.29, 0.717) is 0 Å². The number of rotatable bonds is 3. The lowest BCUT2D eigenvalue weighted by atomic mass is 9.67. The molecule has 0 spiro atoms. The topological polar surface area (TPSA) is 0 Å². The van der Waals surface area contributed by atoms with E-state index in [0.717, 1.165) is 7.28 Å². The van der Waals surface area contributed by atoms with Gasteiger partial charge in [-0.25, -0.2) is 0 Å². The minimum absolute atomic E-state index is 1.14. The maximum Gasteiger partial charge on any atom is 0.155 e. The molecule has 1 heteroatoms. The van der Waals surface area contributed by atoms with Crippen molar-refractivity contribution in [3.63, 3.8) is 0 Å². The van der Waals surface area contributed by atoms with Gasteiger partial charge >= 0.3 is 0 Å². The lowest BCUT2D eigenvalue weighted by Gasteiger charge is -2.10. The maximum atomic E-state index is 3.94. The number of allylic oxidation sites excluding steroid dienone is 8. The summed E-state index contributed by atoms with van der Waals surface area (Å²) >= 11 is 0. The Labute approximate surface area is 106 Å². The summed E-state index contributed by atoms with van der Waals surface area (Å²) in [7, 11) is 1.14. The van der Waals surface area contributed by atoms with Gasteiger partial charge < -0.3 is 0 Å². The highest BCUT2D eigenvalue weighted by Gasteiger charge is 2.24. The maximum absolute atomic E-state index is 3.94. The molecule has 0 radical (unpaired) electrons. The van der Waals surface area contributed by atoms with Crippen molar-refractivity contribution in [1.82, 2.24) is 0 Å². The third-order valence-electron chi connectivity index (χ3n) is 4.19. The van der Waals surface area contributed by atoms with Gasteiger partial charge in [-0.05, 0) is 54.9 Å². The van der Waals surface area contributed by atoms with Gasteiger partial charge in [0, 0.05) is 0 Å². The van der Waals surface area contributed by atoms with E-state index in [4.69, 9.17) is 0 Å². The molecule has 0 aromatic rings. The van der Waals surface area contributed by atoms with Gasteiger partial charge in [0.25, 0.3) is 0 Å². The molecule has 2 rings (SSSR count). The molecular weight excluding hydrogens is 203 g/mol. The van der Waals surface area contributed by atoms with Crippen LogP contribution in [0.3, 0.4) is 0 Å². The van der Waals surface area contributed by atoms with Crippen LogP contribution < -0.4 is 0 Å². The van der Waals surface area contributed by atoms with Gasteiger partial charge in [0.1, 0.15) is 0 Å². The zero-order valence-electron chi connectivity index (χ0n) is 11.1. The third kappa shape index (κ3) is 1.99. The molecule has 2 aliphatic rings. The van der Waals surface area contributed by atoms with Gasteiger partial charge in [0.05, 0.1) is 0 Å². The molecule has 0 saturated carbocycles. The molecule has 0 heterocycles. The van der Waals surface area contributed by atoms with Crippen LogP contribution in [-0.2, 0) is 0 Å². The van der Waals surface area contributed by atoms with Crippen molar-refractivity contribution < 1.29 is 0 Å². The van der Waals surface area contributed by atoms with Crippen molar-refractivity contribution in [2.45, 2.75) is 39.4 Å². The van der Waals surface area contributed by atoms with Crippen molar-refractivity contribution >= 4 is 7.28 Å². The molecule has 17 heavy (non-hydrogen) atoms. The lowest BCUT2D eigenvalue weighted by molar-refractivity contribution is 0.971. The van der Waals surface area contributed by atoms with E-state index < -0.39 is 0 Å². The van der Waals surface area contributed by atoms with Crippen LogP contribution in [0.5, 0.6) is 0 Å². The van der Waals surface area contributed by atoms with Crippen LogP contribution in [0.15, 0.2) is 58.6 Å². The Hall–Kier alpha value is -1.24. The Morgan fingerprint density at radius 2 is 1.53 bits per heavy atom. The summed E-state index contributed by atoms with van der Waals surface area (Å²) in [6.45, 7) is 12.4. The van der Waals surface area contributed by atoms with Crippen LogP contribution in [0.25, 0.3) is 0 Å². The fourth-order valence-electron chi connectivity index (χ4n) is 3.21. The molecule has 0 aliphatic heterocycles. The average molecular weight is 224 g/mol. The molecule has 0 N–H and O–H groups in total. The quantitative estimate of drug-likeness (QED) is 0.627. The first kappa shape index (κ1) is 12.2. The molecule has 0 aromatic heterocycles. The highest BCUT2D eigenvalue weighted by Crippen LogP contribution is 2.41. The van der Waals surface area contributed by atoms with Crippen molar-refractivity contribution in [3.8, 4) is 0 Å². The second-order valence-corrected chi connectivity index (χ2v) is 4.87. The molecule has 0 atom stereocenters. The summed E-state index contributed by atoms with van der Waals surface area (Å²) in [5.74, 6) is 0. The highest BCUT2D eigenvalue weighted by molar-refractivity contribution is 6.46. The average Bonchev–Trinajstić information content (AvgIpc) is 2.91. The van der Waals surface area contributed by atoms with Crippen molar-refractivity contribution in [1.29, 1.82) is 0 Å². The predicted molar refractivity (Wildman–Crippen MR) is 78.6 cm³/mol. The molecule has 0 bridgehead atoms. The van der Waals surface area contributed by atoms with E-state index in [9.17, 15) is 0 Å². The summed E-state index contributed by atoms with van der Waals surface area (Å²) in [6.07, 6.45) is 8.85. The van der Waals surface area contributed by atoms with Crippen molar-refractivity contribution in [2.24, 2.45) is 0 Å². The molecule has 0 fully saturated rings. The fraction of sp³-hybridized carbons (Fsp3) is 0.375. The van der Waals surface area contributed by atoms with Gasteiger partial charge in [0.15, 0.2) is 7.28 Å². The van der Waals surface area contributed by atoms with Crippen LogP contribution >= 0.6 is 0 Å². The van der Waals surface area contributed by atoms with E-state index in [1.807, 2.05) is 6.08 Å². The molecule has 0 aromatic carbocycles.